The number of benzene rings is 1. The lowest BCUT2D eigenvalue weighted by molar-refractivity contribution is 0.0237. The van der Waals surface area contributed by atoms with Crippen LogP contribution < -0.4 is 10.5 Å². The summed E-state index contributed by atoms with van der Waals surface area (Å²) >= 11 is 0. The van der Waals surface area contributed by atoms with Gasteiger partial charge in [-0.1, -0.05) is 37.1 Å². The molecule has 0 spiro atoms. The highest BCUT2D eigenvalue weighted by Crippen LogP contribution is 2.37. The number of hydrogen-bond donors (Lipinski definition) is 1. The molecule has 1 aliphatic heterocycles. The molecule has 4 rings (SSSR count). The van der Waals surface area contributed by atoms with E-state index in [0.29, 0.717) is 23.9 Å². The third-order valence-electron chi connectivity index (χ3n) is 7.86. The number of ether oxygens (including phenoxy) is 2. The standard InChI is InChI=1S/C28H44N2O2/c1-22-19-24(13-14-29)20-28(22)32-21-23-5-7-25(8-6-23)26-9-11-27(12-10-26)31-18-17-30-15-3-2-4-16-30/h9-12,20,22-23,25,28H,2-8,13-19,21,29H2,1H3. The fourth-order valence-corrected chi connectivity index (χ4v) is 5.80. The van der Waals surface area contributed by atoms with Crippen LogP contribution in [0.1, 0.15) is 76.2 Å². The first-order valence-corrected chi connectivity index (χ1v) is 13.2. The van der Waals surface area contributed by atoms with Crippen molar-refractivity contribution in [3.05, 3.63) is 41.5 Å². The van der Waals surface area contributed by atoms with E-state index in [9.17, 15) is 0 Å². The Hall–Kier alpha value is -1.36. The second-order valence-electron chi connectivity index (χ2n) is 10.4. The largest absolute Gasteiger partial charge is 0.492 e. The SMILES string of the molecule is CC1CC(CCN)=CC1OCC1CCC(c2ccc(OCCN3CCCCC3)cc2)CC1. The minimum Gasteiger partial charge on any atom is -0.492 e. The van der Waals surface area contributed by atoms with Crippen LogP contribution in [0.4, 0.5) is 0 Å². The Labute approximate surface area is 195 Å². The first-order valence-electron chi connectivity index (χ1n) is 13.2. The average molecular weight is 441 g/mol. The van der Waals surface area contributed by atoms with Gasteiger partial charge in [0.05, 0.1) is 12.7 Å². The molecule has 1 saturated heterocycles. The van der Waals surface area contributed by atoms with E-state index < -0.39 is 0 Å². The molecule has 4 heteroatoms. The smallest absolute Gasteiger partial charge is 0.119 e. The number of nitrogens with two attached hydrogens (primary N) is 1. The van der Waals surface area contributed by atoms with Crippen molar-refractivity contribution in [3.63, 3.8) is 0 Å². The summed E-state index contributed by atoms with van der Waals surface area (Å²) in [5.74, 6) is 3.02. The molecule has 2 N–H and O–H groups in total. The van der Waals surface area contributed by atoms with Gasteiger partial charge >= 0.3 is 0 Å². The summed E-state index contributed by atoms with van der Waals surface area (Å²) in [6, 6.07) is 8.93. The van der Waals surface area contributed by atoms with E-state index in [4.69, 9.17) is 15.2 Å². The van der Waals surface area contributed by atoms with Gasteiger partial charge in [-0.3, -0.25) is 4.90 Å². The number of likely N-dealkylation sites (tertiary alicyclic amines) is 1. The summed E-state index contributed by atoms with van der Waals surface area (Å²) in [5, 5.41) is 0. The molecular weight excluding hydrogens is 396 g/mol. The van der Waals surface area contributed by atoms with Gasteiger partial charge in [0.15, 0.2) is 0 Å². The molecule has 1 aromatic carbocycles. The average Bonchev–Trinajstić information content (AvgIpc) is 3.18. The predicted molar refractivity (Wildman–Crippen MR) is 132 cm³/mol. The summed E-state index contributed by atoms with van der Waals surface area (Å²) in [4.78, 5) is 2.53. The third kappa shape index (κ3) is 6.82. The lowest BCUT2D eigenvalue weighted by atomic mass is 9.79. The monoisotopic (exact) mass is 440 g/mol. The number of hydrogen-bond acceptors (Lipinski definition) is 4. The molecule has 3 aliphatic rings. The van der Waals surface area contributed by atoms with Crippen molar-refractivity contribution in [1.82, 2.24) is 4.90 Å². The summed E-state index contributed by atoms with van der Waals surface area (Å²) < 4.78 is 12.3. The van der Waals surface area contributed by atoms with Gasteiger partial charge in [0.2, 0.25) is 0 Å². The molecule has 4 nitrogen and oxygen atoms in total. The fraction of sp³-hybridized carbons (Fsp3) is 0.714. The third-order valence-corrected chi connectivity index (χ3v) is 7.86. The van der Waals surface area contributed by atoms with Gasteiger partial charge in [-0.25, -0.2) is 0 Å². The van der Waals surface area contributed by atoms with Crippen LogP contribution in [0.2, 0.25) is 0 Å². The van der Waals surface area contributed by atoms with Crippen LogP contribution in [-0.2, 0) is 4.74 Å². The summed E-state index contributed by atoms with van der Waals surface area (Å²) in [6.07, 6.45) is 14.0. The van der Waals surface area contributed by atoms with Crippen molar-refractivity contribution < 1.29 is 9.47 Å². The molecule has 0 amide bonds. The molecule has 0 bridgehead atoms. The number of piperidine rings is 1. The number of nitrogens with zero attached hydrogens (tertiary/aromatic N) is 1. The summed E-state index contributed by atoms with van der Waals surface area (Å²) in [6.45, 7) is 8.30. The van der Waals surface area contributed by atoms with Crippen molar-refractivity contribution >= 4 is 0 Å². The highest BCUT2D eigenvalue weighted by molar-refractivity contribution is 5.29. The van der Waals surface area contributed by atoms with Crippen LogP contribution in [-0.4, -0.2) is 50.4 Å². The number of rotatable bonds is 10. The van der Waals surface area contributed by atoms with Crippen LogP contribution in [0.3, 0.4) is 0 Å². The van der Waals surface area contributed by atoms with E-state index in [1.807, 2.05) is 0 Å². The Kier molecular flexibility index (Phi) is 9.07. The zero-order valence-electron chi connectivity index (χ0n) is 20.1. The van der Waals surface area contributed by atoms with Crippen LogP contribution in [0.25, 0.3) is 0 Å². The minimum absolute atomic E-state index is 0.303. The molecule has 0 aromatic heterocycles. The van der Waals surface area contributed by atoms with Crippen molar-refractivity contribution in [2.75, 3.05) is 39.4 Å². The molecule has 2 fully saturated rings. The quantitative estimate of drug-likeness (QED) is 0.486. The normalized spacial score (nSPS) is 29.1. The summed E-state index contributed by atoms with van der Waals surface area (Å²) in [5.41, 5.74) is 8.69. The van der Waals surface area contributed by atoms with Gasteiger partial charge in [0.25, 0.3) is 0 Å². The molecule has 1 aromatic rings. The van der Waals surface area contributed by atoms with E-state index >= 15 is 0 Å². The van der Waals surface area contributed by atoms with Gasteiger partial charge in [0.1, 0.15) is 12.4 Å². The zero-order chi connectivity index (χ0) is 22.2. The molecule has 2 aliphatic carbocycles. The Bertz CT molecular complexity index is 703. The second kappa shape index (κ2) is 12.2. The molecule has 178 valence electrons. The lowest BCUT2D eigenvalue weighted by Crippen LogP contribution is -2.33. The van der Waals surface area contributed by atoms with Gasteiger partial charge in [-0.2, -0.15) is 0 Å². The lowest BCUT2D eigenvalue weighted by Gasteiger charge is -2.30. The van der Waals surface area contributed by atoms with Crippen LogP contribution >= 0.6 is 0 Å². The van der Waals surface area contributed by atoms with E-state index in [1.165, 1.54) is 69.2 Å². The molecule has 0 radical (unpaired) electrons. The molecule has 1 saturated carbocycles. The van der Waals surface area contributed by atoms with Crippen molar-refractivity contribution in [2.45, 2.75) is 76.7 Å². The molecule has 32 heavy (non-hydrogen) atoms. The zero-order valence-corrected chi connectivity index (χ0v) is 20.1. The summed E-state index contributed by atoms with van der Waals surface area (Å²) in [7, 11) is 0. The van der Waals surface area contributed by atoms with Crippen LogP contribution in [0.5, 0.6) is 5.75 Å². The Morgan fingerprint density at radius 1 is 1.00 bits per heavy atom. The van der Waals surface area contributed by atoms with Crippen molar-refractivity contribution in [1.29, 1.82) is 0 Å². The van der Waals surface area contributed by atoms with Gasteiger partial charge < -0.3 is 15.2 Å². The van der Waals surface area contributed by atoms with E-state index in [-0.39, 0.29) is 0 Å². The maximum absolute atomic E-state index is 6.33. The van der Waals surface area contributed by atoms with Crippen molar-refractivity contribution in [3.8, 4) is 5.75 Å². The predicted octanol–water partition coefficient (Wildman–Crippen LogP) is 5.53. The van der Waals surface area contributed by atoms with Crippen LogP contribution in [0.15, 0.2) is 35.9 Å². The highest BCUT2D eigenvalue weighted by atomic mass is 16.5. The van der Waals surface area contributed by atoms with Gasteiger partial charge in [0, 0.05) is 6.54 Å². The van der Waals surface area contributed by atoms with Crippen LogP contribution in [0, 0.1) is 11.8 Å². The van der Waals surface area contributed by atoms with Crippen molar-refractivity contribution in [2.24, 2.45) is 17.6 Å². The molecule has 2 unspecified atom stereocenters. The fourth-order valence-electron chi connectivity index (χ4n) is 5.80. The molecular formula is C28H44N2O2. The van der Waals surface area contributed by atoms with Gasteiger partial charge in [-0.15, -0.1) is 0 Å². The van der Waals surface area contributed by atoms with Gasteiger partial charge in [-0.05, 0) is 106 Å². The van der Waals surface area contributed by atoms with E-state index in [2.05, 4.69) is 42.2 Å². The first kappa shape index (κ1) is 23.8. The maximum Gasteiger partial charge on any atom is 0.119 e. The molecule has 2 atom stereocenters. The second-order valence-corrected chi connectivity index (χ2v) is 10.4. The van der Waals surface area contributed by atoms with E-state index in [1.54, 1.807) is 0 Å². The Balaban J connectivity index is 1.15. The first-order chi connectivity index (χ1) is 15.7. The Morgan fingerprint density at radius 2 is 1.75 bits per heavy atom. The molecule has 1 heterocycles. The highest BCUT2D eigenvalue weighted by Gasteiger charge is 2.27. The Morgan fingerprint density at radius 3 is 2.47 bits per heavy atom. The topological polar surface area (TPSA) is 47.7 Å². The minimum atomic E-state index is 0.303. The van der Waals surface area contributed by atoms with E-state index in [0.717, 1.165) is 44.9 Å². The maximum atomic E-state index is 6.33.